The second-order valence-corrected chi connectivity index (χ2v) is 8.95. The molecule has 1 saturated heterocycles. The van der Waals surface area contributed by atoms with E-state index in [9.17, 15) is 13.2 Å². The first-order chi connectivity index (χ1) is 11.8. The number of piperidine rings is 1. The molecule has 26 heavy (non-hydrogen) atoms. The molecule has 3 N–H and O–H groups in total. The summed E-state index contributed by atoms with van der Waals surface area (Å²) in [5.41, 5.74) is 6.37. The largest absolute Gasteiger partial charge is 0.360 e. The van der Waals surface area contributed by atoms with Crippen molar-refractivity contribution >= 4 is 28.3 Å². The van der Waals surface area contributed by atoms with Crippen molar-refractivity contribution < 1.29 is 17.7 Å². The van der Waals surface area contributed by atoms with Crippen molar-refractivity contribution in [3.05, 3.63) is 11.5 Å². The van der Waals surface area contributed by atoms with Crippen LogP contribution in [0.25, 0.3) is 0 Å². The second-order valence-electron chi connectivity index (χ2n) is 7.08. The number of hydrogen-bond donors (Lipinski definition) is 2. The Bertz CT molecular complexity index is 720. The van der Waals surface area contributed by atoms with Gasteiger partial charge in [-0.2, -0.15) is 4.31 Å². The number of aromatic nitrogens is 1. The molecule has 1 unspecified atom stereocenters. The Morgan fingerprint density at radius 2 is 1.92 bits per heavy atom. The first-order valence-corrected chi connectivity index (χ1v) is 10.2. The number of rotatable bonds is 6. The van der Waals surface area contributed by atoms with E-state index in [0.29, 0.717) is 49.8 Å². The number of carbonyl (C=O) groups excluding carboxylic acids is 1. The Balaban J connectivity index is 0.00000243. The van der Waals surface area contributed by atoms with E-state index in [4.69, 9.17) is 10.3 Å². The SMILES string of the molecule is Cc1noc(C)c1S(=O)(=O)N1CCC(C(=O)NCC(N)C2CC2)CC1.Cl. The summed E-state index contributed by atoms with van der Waals surface area (Å²) in [5, 5.41) is 6.64. The van der Waals surface area contributed by atoms with E-state index < -0.39 is 10.0 Å². The fourth-order valence-electron chi connectivity index (χ4n) is 3.38. The van der Waals surface area contributed by atoms with Gasteiger partial charge in [-0.15, -0.1) is 12.4 Å². The molecule has 1 saturated carbocycles. The molecule has 10 heteroatoms. The van der Waals surface area contributed by atoms with Gasteiger partial charge < -0.3 is 15.6 Å². The van der Waals surface area contributed by atoms with Crippen LogP contribution in [0.1, 0.15) is 37.1 Å². The molecule has 1 aromatic rings. The van der Waals surface area contributed by atoms with Gasteiger partial charge in [0.15, 0.2) is 5.76 Å². The fraction of sp³-hybridized carbons (Fsp3) is 0.750. The summed E-state index contributed by atoms with van der Waals surface area (Å²) in [6, 6.07) is 0.0314. The maximum Gasteiger partial charge on any atom is 0.248 e. The third kappa shape index (κ3) is 4.39. The molecule has 1 aliphatic heterocycles. The van der Waals surface area contributed by atoms with E-state index in [0.717, 1.165) is 12.8 Å². The zero-order valence-corrected chi connectivity index (χ0v) is 16.7. The number of sulfonamides is 1. The third-order valence-electron chi connectivity index (χ3n) is 5.13. The van der Waals surface area contributed by atoms with Crippen LogP contribution in [0.5, 0.6) is 0 Å². The zero-order valence-electron chi connectivity index (χ0n) is 15.1. The van der Waals surface area contributed by atoms with E-state index in [1.165, 1.54) is 4.31 Å². The maximum atomic E-state index is 12.8. The van der Waals surface area contributed by atoms with Crippen LogP contribution < -0.4 is 11.1 Å². The molecule has 1 atom stereocenters. The van der Waals surface area contributed by atoms with Crippen molar-refractivity contribution in [2.75, 3.05) is 19.6 Å². The average molecular weight is 407 g/mol. The average Bonchev–Trinajstić information content (AvgIpc) is 3.37. The molecule has 8 nitrogen and oxygen atoms in total. The van der Waals surface area contributed by atoms with Crippen LogP contribution in [-0.4, -0.2) is 49.5 Å². The number of hydrogen-bond acceptors (Lipinski definition) is 6. The highest BCUT2D eigenvalue weighted by Gasteiger charge is 2.36. The molecule has 2 fully saturated rings. The fourth-order valence-corrected chi connectivity index (χ4v) is 5.15. The van der Waals surface area contributed by atoms with E-state index in [-0.39, 0.29) is 35.2 Å². The molecule has 1 aromatic heterocycles. The number of halogens is 1. The van der Waals surface area contributed by atoms with Gasteiger partial charge in [-0.05, 0) is 45.4 Å². The summed E-state index contributed by atoms with van der Waals surface area (Å²) in [5.74, 6) is 0.654. The monoisotopic (exact) mass is 406 g/mol. The number of aryl methyl sites for hydroxylation is 2. The van der Waals surface area contributed by atoms with Gasteiger partial charge in [0.2, 0.25) is 15.9 Å². The van der Waals surface area contributed by atoms with Gasteiger partial charge in [0, 0.05) is 31.6 Å². The van der Waals surface area contributed by atoms with Crippen LogP contribution in [0.3, 0.4) is 0 Å². The van der Waals surface area contributed by atoms with Gasteiger partial charge in [-0.25, -0.2) is 8.42 Å². The lowest BCUT2D eigenvalue weighted by molar-refractivity contribution is -0.126. The summed E-state index contributed by atoms with van der Waals surface area (Å²) >= 11 is 0. The molecular weight excluding hydrogens is 380 g/mol. The van der Waals surface area contributed by atoms with E-state index in [1.807, 2.05) is 0 Å². The number of carbonyl (C=O) groups is 1. The zero-order chi connectivity index (χ0) is 18.2. The van der Waals surface area contributed by atoms with Crippen LogP contribution in [0.2, 0.25) is 0 Å². The molecule has 148 valence electrons. The van der Waals surface area contributed by atoms with Gasteiger partial charge in [0.05, 0.1) is 0 Å². The summed E-state index contributed by atoms with van der Waals surface area (Å²) in [4.78, 5) is 12.4. The Morgan fingerprint density at radius 1 is 1.31 bits per heavy atom. The highest BCUT2D eigenvalue weighted by Crippen LogP contribution is 2.31. The van der Waals surface area contributed by atoms with Crippen molar-refractivity contribution in [1.82, 2.24) is 14.8 Å². The molecule has 2 aliphatic rings. The van der Waals surface area contributed by atoms with Crippen molar-refractivity contribution in [2.45, 2.75) is 50.5 Å². The molecule has 2 heterocycles. The molecule has 0 bridgehead atoms. The highest BCUT2D eigenvalue weighted by atomic mass is 35.5. The molecule has 0 radical (unpaired) electrons. The van der Waals surface area contributed by atoms with Gasteiger partial charge in [-0.3, -0.25) is 4.79 Å². The van der Waals surface area contributed by atoms with E-state index in [1.54, 1.807) is 13.8 Å². The van der Waals surface area contributed by atoms with E-state index in [2.05, 4.69) is 10.5 Å². The standard InChI is InChI=1S/C16H26N4O4S.ClH/c1-10-15(11(2)24-19-10)25(22,23)20-7-5-13(6-8-20)16(21)18-9-14(17)12-3-4-12;/h12-14H,3-9,17H2,1-2H3,(H,18,21);1H. The Labute approximate surface area is 160 Å². The van der Waals surface area contributed by atoms with Crippen LogP contribution in [0, 0.1) is 25.7 Å². The molecular formula is C16H27ClN4O4S. The van der Waals surface area contributed by atoms with Crippen LogP contribution in [-0.2, 0) is 14.8 Å². The van der Waals surface area contributed by atoms with Crippen molar-refractivity contribution in [3.63, 3.8) is 0 Å². The van der Waals surface area contributed by atoms with E-state index >= 15 is 0 Å². The molecule has 0 aromatic carbocycles. The minimum Gasteiger partial charge on any atom is -0.360 e. The van der Waals surface area contributed by atoms with Crippen molar-refractivity contribution in [1.29, 1.82) is 0 Å². The first-order valence-electron chi connectivity index (χ1n) is 8.77. The number of nitrogens with two attached hydrogens (primary N) is 1. The Morgan fingerprint density at radius 3 is 2.42 bits per heavy atom. The number of nitrogens with zero attached hydrogens (tertiary/aromatic N) is 2. The Kier molecular flexibility index (Phi) is 6.70. The molecule has 3 rings (SSSR count). The van der Waals surface area contributed by atoms with Crippen molar-refractivity contribution in [3.8, 4) is 0 Å². The molecule has 0 spiro atoms. The quantitative estimate of drug-likeness (QED) is 0.726. The third-order valence-corrected chi connectivity index (χ3v) is 7.27. The maximum absolute atomic E-state index is 12.8. The van der Waals surface area contributed by atoms with Gasteiger partial charge in [0.25, 0.3) is 0 Å². The molecule has 1 aliphatic carbocycles. The normalized spacial score (nSPS) is 20.4. The summed E-state index contributed by atoms with van der Waals surface area (Å²) in [6.07, 6.45) is 3.31. The van der Waals surface area contributed by atoms with Gasteiger partial charge >= 0.3 is 0 Å². The lowest BCUT2D eigenvalue weighted by Gasteiger charge is -2.30. The van der Waals surface area contributed by atoms with Gasteiger partial charge in [-0.1, -0.05) is 5.16 Å². The lowest BCUT2D eigenvalue weighted by Crippen LogP contribution is -2.45. The summed E-state index contributed by atoms with van der Waals surface area (Å²) in [7, 11) is -3.63. The minimum absolute atomic E-state index is 0. The lowest BCUT2D eigenvalue weighted by atomic mass is 9.97. The highest BCUT2D eigenvalue weighted by molar-refractivity contribution is 7.89. The predicted molar refractivity (Wildman–Crippen MR) is 98.4 cm³/mol. The summed E-state index contributed by atoms with van der Waals surface area (Å²) < 4.78 is 31.9. The number of amides is 1. The van der Waals surface area contributed by atoms with Crippen LogP contribution in [0.15, 0.2) is 9.42 Å². The first kappa shape index (κ1) is 21.1. The van der Waals surface area contributed by atoms with Crippen molar-refractivity contribution in [2.24, 2.45) is 17.6 Å². The van der Waals surface area contributed by atoms with Gasteiger partial charge in [0.1, 0.15) is 10.6 Å². The minimum atomic E-state index is -3.63. The topological polar surface area (TPSA) is 119 Å². The van der Waals surface area contributed by atoms with Crippen LogP contribution >= 0.6 is 12.4 Å². The molecule has 1 amide bonds. The second kappa shape index (κ2) is 8.24. The smallest absolute Gasteiger partial charge is 0.248 e. The Hall–Kier alpha value is -1.16. The summed E-state index contributed by atoms with van der Waals surface area (Å²) in [6.45, 7) is 4.35. The predicted octanol–water partition coefficient (Wildman–Crippen LogP) is 0.967. The van der Waals surface area contributed by atoms with Crippen LogP contribution in [0.4, 0.5) is 0 Å². The number of nitrogens with one attached hydrogen (secondary N) is 1.